The summed E-state index contributed by atoms with van der Waals surface area (Å²) < 4.78 is 4.96. The number of nitrogens with one attached hydrogen (secondary N) is 1. The minimum absolute atomic E-state index is 0.241. The second-order valence-corrected chi connectivity index (χ2v) is 3.79. The fourth-order valence-electron chi connectivity index (χ4n) is 1.80. The fraction of sp³-hybridized carbons (Fsp3) is 0.545. The summed E-state index contributed by atoms with van der Waals surface area (Å²) in [7, 11) is 0. The molecule has 1 aliphatic heterocycles. The summed E-state index contributed by atoms with van der Waals surface area (Å²) in [4.78, 5) is 14.0. The molecule has 0 radical (unpaired) electrons. The molecule has 2 rings (SSSR count). The number of H-pyrrole nitrogens is 1. The number of aromatic nitrogens is 1. The zero-order valence-corrected chi connectivity index (χ0v) is 8.38. The van der Waals surface area contributed by atoms with Gasteiger partial charge in [0.2, 0.25) is 0 Å². The Kier molecular flexibility index (Phi) is 2.57. The fourth-order valence-corrected chi connectivity index (χ4v) is 1.80. The molecular weight excluding hydrogens is 178 g/mol. The van der Waals surface area contributed by atoms with Gasteiger partial charge in [-0.15, -0.1) is 0 Å². The molecule has 0 fully saturated rings. The lowest BCUT2D eigenvalue weighted by Crippen LogP contribution is -2.24. The maximum absolute atomic E-state index is 11.1. The number of fused-ring (bicyclic) bond motifs is 2. The van der Waals surface area contributed by atoms with Gasteiger partial charge in [-0.3, -0.25) is 0 Å². The molecule has 14 heavy (non-hydrogen) atoms. The molecule has 0 saturated heterocycles. The monoisotopic (exact) mass is 193 g/mol. The summed E-state index contributed by atoms with van der Waals surface area (Å²) in [5.74, 6) is 0.374. The molecule has 3 heteroatoms. The molecule has 1 aliphatic rings. The number of unbranched alkanes of at least 4 members (excludes halogenated alkanes) is 2. The Bertz CT molecular complexity index is 459. The molecule has 0 aliphatic carbocycles. The molecular formula is C11H15NO2. The molecule has 1 N–H and O–H groups in total. The Labute approximate surface area is 82.1 Å². The predicted molar refractivity (Wildman–Crippen MR) is 55.1 cm³/mol. The molecule has 3 nitrogen and oxygen atoms in total. The Morgan fingerprint density at radius 1 is 1.43 bits per heavy atom. The van der Waals surface area contributed by atoms with Crippen LogP contribution in [0.2, 0.25) is 0 Å². The summed E-state index contributed by atoms with van der Waals surface area (Å²) in [6, 6.07) is 0. The first-order valence-electron chi connectivity index (χ1n) is 5.22. The molecule has 1 aromatic rings. The Morgan fingerprint density at radius 3 is 3.00 bits per heavy atom. The molecule has 1 atom stereocenters. The van der Waals surface area contributed by atoms with Gasteiger partial charge < -0.3 is 9.40 Å². The molecule has 0 aromatic carbocycles. The van der Waals surface area contributed by atoms with Gasteiger partial charge in [0, 0.05) is 5.92 Å². The van der Waals surface area contributed by atoms with Crippen LogP contribution in [0.3, 0.4) is 0 Å². The lowest BCUT2D eigenvalue weighted by molar-refractivity contribution is 0.484. The normalized spacial score (nSPS) is 18.8. The molecule has 2 heterocycles. The quantitative estimate of drug-likeness (QED) is 0.717. The molecule has 0 spiro atoms. The summed E-state index contributed by atoms with van der Waals surface area (Å²) in [5.41, 5.74) is 0.378. The van der Waals surface area contributed by atoms with E-state index in [0.29, 0.717) is 16.8 Å². The first kappa shape index (κ1) is 9.31. The highest BCUT2D eigenvalue weighted by Crippen LogP contribution is 2.13. The third kappa shape index (κ3) is 1.81. The van der Waals surface area contributed by atoms with Crippen molar-refractivity contribution < 1.29 is 4.42 Å². The van der Waals surface area contributed by atoms with E-state index in [9.17, 15) is 4.79 Å². The Balaban J connectivity index is 2.10. The maximum atomic E-state index is 11.1. The van der Waals surface area contributed by atoms with Crippen molar-refractivity contribution in [3.05, 3.63) is 21.3 Å². The molecule has 2 bridgehead atoms. The van der Waals surface area contributed by atoms with E-state index in [1.165, 1.54) is 19.3 Å². The first-order chi connectivity index (χ1) is 6.79. The van der Waals surface area contributed by atoms with Crippen molar-refractivity contribution in [2.24, 2.45) is 5.92 Å². The van der Waals surface area contributed by atoms with Gasteiger partial charge in [0.25, 0.3) is 0 Å². The minimum atomic E-state index is -0.241. The number of rotatable bonds is 4. The number of hydrogen-bond acceptors (Lipinski definition) is 2. The number of aromatic amines is 1. The number of oxazole rings is 1. The third-order valence-electron chi connectivity index (χ3n) is 2.57. The predicted octanol–water partition coefficient (Wildman–Crippen LogP) is 0.739. The summed E-state index contributed by atoms with van der Waals surface area (Å²) in [5, 5.41) is 0.615. The van der Waals surface area contributed by atoms with Crippen LogP contribution in [0.4, 0.5) is 0 Å². The minimum Gasteiger partial charge on any atom is -0.405 e. The second-order valence-electron chi connectivity index (χ2n) is 3.79. The van der Waals surface area contributed by atoms with Crippen LogP contribution >= 0.6 is 0 Å². The lowest BCUT2D eigenvalue weighted by Gasteiger charge is -2.06. The summed E-state index contributed by atoms with van der Waals surface area (Å²) in [6.45, 7) is 2.19. The average molecular weight is 193 g/mol. The maximum Gasteiger partial charge on any atom is 0.361 e. The van der Waals surface area contributed by atoms with E-state index < -0.39 is 0 Å². The highest BCUT2D eigenvalue weighted by atomic mass is 16.4. The van der Waals surface area contributed by atoms with Gasteiger partial charge in [-0.05, 0) is 18.6 Å². The topological polar surface area (TPSA) is 46.0 Å². The van der Waals surface area contributed by atoms with Crippen LogP contribution in [0.5, 0.6) is 0 Å². The van der Waals surface area contributed by atoms with E-state index >= 15 is 0 Å². The van der Waals surface area contributed by atoms with Crippen molar-refractivity contribution in [2.45, 2.75) is 32.6 Å². The smallest absolute Gasteiger partial charge is 0.361 e. The van der Waals surface area contributed by atoms with Crippen LogP contribution in [-0.4, -0.2) is 4.98 Å². The highest BCUT2D eigenvalue weighted by Gasteiger charge is 2.09. The summed E-state index contributed by atoms with van der Waals surface area (Å²) >= 11 is 0. The molecule has 1 unspecified atom stereocenters. The van der Waals surface area contributed by atoms with Crippen molar-refractivity contribution in [2.75, 3.05) is 0 Å². The van der Waals surface area contributed by atoms with E-state index in [2.05, 4.69) is 11.9 Å². The molecule has 0 saturated carbocycles. The average Bonchev–Trinajstić information content (AvgIpc) is 2.41. The van der Waals surface area contributed by atoms with Gasteiger partial charge >= 0.3 is 5.63 Å². The van der Waals surface area contributed by atoms with Gasteiger partial charge in [-0.1, -0.05) is 26.2 Å². The van der Waals surface area contributed by atoms with Gasteiger partial charge in [0.15, 0.2) is 5.55 Å². The van der Waals surface area contributed by atoms with Crippen molar-refractivity contribution in [1.82, 2.24) is 4.98 Å². The largest absolute Gasteiger partial charge is 0.405 e. The van der Waals surface area contributed by atoms with Crippen LogP contribution in [0.15, 0.2) is 9.21 Å². The van der Waals surface area contributed by atoms with Crippen molar-refractivity contribution in [1.29, 1.82) is 0 Å². The van der Waals surface area contributed by atoms with Crippen LogP contribution in [-0.2, 0) is 0 Å². The van der Waals surface area contributed by atoms with Gasteiger partial charge in [0.05, 0.1) is 0 Å². The van der Waals surface area contributed by atoms with E-state index in [4.69, 9.17) is 4.42 Å². The number of hydrogen-bond donors (Lipinski definition) is 1. The van der Waals surface area contributed by atoms with Crippen molar-refractivity contribution >= 4 is 12.2 Å². The lowest BCUT2D eigenvalue weighted by atomic mass is 10.0. The SMILES string of the molecule is CCCCCC1C=c2[nH]c(c(=O)o2)=C1. The zero-order valence-electron chi connectivity index (χ0n) is 8.38. The molecule has 0 amide bonds. The van der Waals surface area contributed by atoms with E-state index in [0.717, 1.165) is 6.42 Å². The van der Waals surface area contributed by atoms with Crippen LogP contribution in [0, 0.1) is 5.92 Å². The van der Waals surface area contributed by atoms with Gasteiger partial charge in [0.1, 0.15) is 5.35 Å². The van der Waals surface area contributed by atoms with E-state index in [-0.39, 0.29) is 5.63 Å². The van der Waals surface area contributed by atoms with Gasteiger partial charge in [-0.25, -0.2) is 4.79 Å². The van der Waals surface area contributed by atoms with E-state index in [1.807, 2.05) is 12.2 Å². The standard InChI is InChI=1S/C11H15NO2/c1-2-3-4-5-8-6-9-11(13)14-10(7-8)12-9/h6-8,12H,2-5H2,1H3. The third-order valence-corrected chi connectivity index (χ3v) is 2.57. The zero-order chi connectivity index (χ0) is 9.97. The summed E-state index contributed by atoms with van der Waals surface area (Å²) in [6.07, 6.45) is 8.76. The van der Waals surface area contributed by atoms with Gasteiger partial charge in [-0.2, -0.15) is 0 Å². The Morgan fingerprint density at radius 2 is 2.29 bits per heavy atom. The highest BCUT2D eigenvalue weighted by molar-refractivity contribution is 5.41. The second kappa shape index (κ2) is 3.86. The van der Waals surface area contributed by atoms with Crippen molar-refractivity contribution in [3.8, 4) is 0 Å². The van der Waals surface area contributed by atoms with Crippen LogP contribution < -0.4 is 16.5 Å². The van der Waals surface area contributed by atoms with E-state index in [1.54, 1.807) is 0 Å². The van der Waals surface area contributed by atoms with Crippen LogP contribution in [0.25, 0.3) is 12.2 Å². The molecule has 1 aromatic heterocycles. The first-order valence-corrected chi connectivity index (χ1v) is 5.22. The van der Waals surface area contributed by atoms with Crippen LogP contribution in [0.1, 0.15) is 32.6 Å². The Hall–Kier alpha value is -1.25. The molecule has 76 valence electrons. The van der Waals surface area contributed by atoms with Crippen molar-refractivity contribution in [3.63, 3.8) is 0 Å².